The van der Waals surface area contributed by atoms with Gasteiger partial charge in [-0.2, -0.15) is 0 Å². The van der Waals surface area contributed by atoms with Gasteiger partial charge in [-0.05, 0) is 52.0 Å². The number of aliphatic hydroxyl groups is 2. The van der Waals surface area contributed by atoms with Crippen LogP contribution in [0.3, 0.4) is 0 Å². The van der Waals surface area contributed by atoms with Gasteiger partial charge in [0.2, 0.25) is 0 Å². The van der Waals surface area contributed by atoms with Gasteiger partial charge in [-0.1, -0.05) is 48.6 Å². The number of methoxy groups -OCH3 is 2. The van der Waals surface area contributed by atoms with Gasteiger partial charge >= 0.3 is 23.9 Å². The molecule has 3 N–H and O–H groups in total. The molecule has 0 spiro atoms. The van der Waals surface area contributed by atoms with Crippen LogP contribution in [0.5, 0.6) is 0 Å². The lowest BCUT2D eigenvalue weighted by Crippen LogP contribution is -2.56. The van der Waals surface area contributed by atoms with Crippen LogP contribution in [-0.4, -0.2) is 84.8 Å². The first-order chi connectivity index (χ1) is 26.0. The van der Waals surface area contributed by atoms with Gasteiger partial charge in [0, 0.05) is 24.7 Å². The van der Waals surface area contributed by atoms with Crippen molar-refractivity contribution in [3.8, 4) is 0 Å². The fourth-order valence-electron chi connectivity index (χ4n) is 8.15. The second-order valence-electron chi connectivity index (χ2n) is 15.0. The van der Waals surface area contributed by atoms with Gasteiger partial charge in [0.25, 0.3) is 0 Å². The van der Waals surface area contributed by atoms with Crippen LogP contribution in [0, 0.1) is 11.8 Å². The van der Waals surface area contributed by atoms with Crippen molar-refractivity contribution in [1.29, 1.82) is 0 Å². The molecule has 0 aromatic carbocycles. The summed E-state index contributed by atoms with van der Waals surface area (Å²) in [6.07, 6.45) is -1.79. The van der Waals surface area contributed by atoms with E-state index in [1.54, 1.807) is 39.8 Å². The standard InChI is InChI=1S/C42H47NO12/c1-17(2)21-11-27-23(39(46)50-9)13-29(52-27)33(19(5)6)31-15-25(41(48)54-31)35(37(21)44)43-36-26-16-32(55-42(26)49)34(20(7)8)30-14-24(40(47)51-10)28(53-30)12-22(18(3)4)38(36)45/h13-16,21-22,31-38,43-45H,1,3,5,7,11-12H2,2,4,6,8-10H3/t21-,22-,31-,32-,33-,34-,35+,36+,37-,38-/m1/s1. The maximum Gasteiger partial charge on any atom is 0.341 e. The molecule has 0 unspecified atom stereocenters. The number of aliphatic hydroxyl groups excluding tert-OH is 2. The highest BCUT2D eigenvalue weighted by Gasteiger charge is 2.49. The molecule has 6 heterocycles. The van der Waals surface area contributed by atoms with E-state index in [1.807, 2.05) is 0 Å². The van der Waals surface area contributed by atoms with Crippen molar-refractivity contribution in [1.82, 2.24) is 5.32 Å². The van der Waals surface area contributed by atoms with E-state index in [0.717, 1.165) is 0 Å². The van der Waals surface area contributed by atoms with Gasteiger partial charge < -0.3 is 38.0 Å². The van der Waals surface area contributed by atoms with E-state index in [0.29, 0.717) is 33.8 Å². The van der Waals surface area contributed by atoms with E-state index in [-0.39, 0.29) is 46.6 Å². The molecule has 6 rings (SSSR count). The fraction of sp³-hybridized carbons (Fsp3) is 0.429. The minimum atomic E-state index is -1.47. The molecule has 13 heteroatoms. The number of hydrogen-bond acceptors (Lipinski definition) is 13. The number of hydrogen-bond donors (Lipinski definition) is 3. The molecule has 4 aliphatic rings. The molecule has 4 aliphatic heterocycles. The molecule has 0 fully saturated rings. The van der Waals surface area contributed by atoms with Crippen LogP contribution >= 0.6 is 0 Å². The smallest absolute Gasteiger partial charge is 0.341 e. The van der Waals surface area contributed by atoms with Crippen LogP contribution in [0.2, 0.25) is 0 Å². The van der Waals surface area contributed by atoms with Gasteiger partial charge in [-0.3, -0.25) is 5.32 Å². The fourth-order valence-corrected chi connectivity index (χ4v) is 8.15. The first-order valence-corrected chi connectivity index (χ1v) is 18.0. The number of carbonyl (C=O) groups is 4. The maximum atomic E-state index is 13.9. The summed E-state index contributed by atoms with van der Waals surface area (Å²) in [5, 5.41) is 28.1. The van der Waals surface area contributed by atoms with Crippen LogP contribution in [-0.2, 0) is 41.4 Å². The molecular weight excluding hydrogens is 710 g/mol. The Hall–Kier alpha value is -5.24. The van der Waals surface area contributed by atoms with E-state index >= 15 is 0 Å². The van der Waals surface area contributed by atoms with Crippen LogP contribution in [0.1, 0.15) is 83.3 Å². The Bertz CT molecular complexity index is 1920. The molecule has 0 saturated carbocycles. The molecule has 0 amide bonds. The molecule has 10 atom stereocenters. The Labute approximate surface area is 319 Å². The molecule has 0 saturated heterocycles. The average molecular weight is 758 g/mol. The Kier molecular flexibility index (Phi) is 10.8. The van der Waals surface area contributed by atoms with Crippen molar-refractivity contribution in [2.45, 2.75) is 88.9 Å². The van der Waals surface area contributed by atoms with Gasteiger partial charge in [0.1, 0.15) is 46.4 Å². The summed E-state index contributed by atoms with van der Waals surface area (Å²) in [4.78, 5) is 53.8. The van der Waals surface area contributed by atoms with Crippen LogP contribution in [0.15, 0.2) is 92.9 Å². The number of furan rings is 2. The summed E-state index contributed by atoms with van der Waals surface area (Å²) in [5.41, 5.74) is 2.46. The summed E-state index contributed by atoms with van der Waals surface area (Å²) in [6, 6.07) is 0.490. The summed E-state index contributed by atoms with van der Waals surface area (Å²) in [6.45, 7) is 23.3. The number of nitrogens with one attached hydrogen (secondary N) is 1. The summed E-state index contributed by atoms with van der Waals surface area (Å²) in [5.74, 6) is -4.91. The van der Waals surface area contributed by atoms with Crippen molar-refractivity contribution in [2.75, 3.05) is 14.2 Å². The third-order valence-electron chi connectivity index (χ3n) is 11.1. The molecule has 0 aliphatic carbocycles. The lowest BCUT2D eigenvalue weighted by Gasteiger charge is -2.37. The van der Waals surface area contributed by atoms with Gasteiger partial charge in [-0.25, -0.2) is 19.2 Å². The lowest BCUT2D eigenvalue weighted by atomic mass is 9.80. The topological polar surface area (TPSA) is 184 Å². The number of esters is 4. The van der Waals surface area contributed by atoms with Crippen molar-refractivity contribution < 1.29 is 57.2 Å². The van der Waals surface area contributed by atoms with Crippen molar-refractivity contribution >= 4 is 23.9 Å². The molecular formula is C42H47NO12. The van der Waals surface area contributed by atoms with Crippen molar-refractivity contribution in [3.63, 3.8) is 0 Å². The molecule has 0 radical (unpaired) electrons. The SMILES string of the molecule is C=C(C)[C@H]1Cc2oc(cc2C(=O)OC)[C@@H](C(=C)C)[C@H]2C=C(C(=O)O2)[C@H](N[C@H]2C3=C[C@@H](OC3=O)[C@H](C(=C)C)c3cc(C(=O)OC)c(o3)C[C@H](C(=C)C)[C@H]2O)[C@@H]1O. The van der Waals surface area contributed by atoms with E-state index in [9.17, 15) is 29.4 Å². The normalized spacial score (nSPS) is 30.0. The van der Waals surface area contributed by atoms with Gasteiger partial charge in [0.15, 0.2) is 0 Å². The van der Waals surface area contributed by atoms with Crippen LogP contribution in [0.25, 0.3) is 0 Å². The number of rotatable bonds is 8. The zero-order valence-electron chi connectivity index (χ0n) is 31.8. The van der Waals surface area contributed by atoms with E-state index in [2.05, 4.69) is 31.6 Å². The summed E-state index contributed by atoms with van der Waals surface area (Å²) >= 11 is 0. The zero-order chi connectivity index (χ0) is 40.2. The monoisotopic (exact) mass is 757 g/mol. The first kappa shape index (κ1) is 39.5. The largest absolute Gasteiger partial charge is 0.465 e. The average Bonchev–Trinajstić information content (AvgIpc) is 3.90. The Morgan fingerprint density at radius 3 is 1.35 bits per heavy atom. The highest BCUT2D eigenvalue weighted by Crippen LogP contribution is 2.42. The predicted octanol–water partition coefficient (Wildman–Crippen LogP) is 4.71. The first-order valence-electron chi connectivity index (χ1n) is 18.0. The second-order valence-corrected chi connectivity index (χ2v) is 15.0. The second kappa shape index (κ2) is 15.1. The van der Waals surface area contributed by atoms with Crippen LogP contribution in [0.4, 0.5) is 0 Å². The highest BCUT2D eigenvalue weighted by molar-refractivity contribution is 5.95. The molecule has 2 aromatic rings. The van der Waals surface area contributed by atoms with E-state index < -0.39 is 84.0 Å². The van der Waals surface area contributed by atoms with E-state index in [1.165, 1.54) is 26.4 Å². The van der Waals surface area contributed by atoms with Crippen molar-refractivity contribution in [3.05, 3.63) is 118 Å². The number of fused-ring (bicyclic) bond motifs is 6. The highest BCUT2D eigenvalue weighted by atomic mass is 16.6. The third kappa shape index (κ3) is 7.07. The molecule has 55 heavy (non-hydrogen) atoms. The predicted molar refractivity (Wildman–Crippen MR) is 198 cm³/mol. The summed E-state index contributed by atoms with van der Waals surface area (Å²) in [7, 11) is 2.49. The zero-order valence-corrected chi connectivity index (χ0v) is 31.8. The molecule has 8 bridgehead atoms. The Morgan fingerprint density at radius 1 is 0.673 bits per heavy atom. The number of ether oxygens (including phenoxy) is 4. The van der Waals surface area contributed by atoms with Crippen molar-refractivity contribution in [2.24, 2.45) is 11.8 Å². The van der Waals surface area contributed by atoms with Gasteiger partial charge in [0.05, 0.1) is 61.5 Å². The summed E-state index contributed by atoms with van der Waals surface area (Å²) < 4.78 is 34.5. The molecule has 292 valence electrons. The van der Waals surface area contributed by atoms with Crippen LogP contribution < -0.4 is 5.32 Å². The molecule has 13 nitrogen and oxygen atoms in total. The minimum Gasteiger partial charge on any atom is -0.465 e. The Balaban J connectivity index is 1.53. The number of carbonyl (C=O) groups excluding carboxylic acids is 4. The Morgan fingerprint density at radius 2 is 1.04 bits per heavy atom. The lowest BCUT2D eigenvalue weighted by molar-refractivity contribution is -0.141. The minimum absolute atomic E-state index is 0.0271. The quantitative estimate of drug-likeness (QED) is 0.191. The third-order valence-corrected chi connectivity index (χ3v) is 11.1. The van der Waals surface area contributed by atoms with Gasteiger partial charge in [-0.15, -0.1) is 0 Å². The van der Waals surface area contributed by atoms with E-state index in [4.69, 9.17) is 27.8 Å². The molecule has 2 aromatic heterocycles. The maximum absolute atomic E-state index is 13.9.